The monoisotopic (exact) mass is 554 g/mol. The molecule has 0 saturated heterocycles. The zero-order valence-electron chi connectivity index (χ0n) is 21.5. The summed E-state index contributed by atoms with van der Waals surface area (Å²) >= 11 is 6.33. The van der Waals surface area contributed by atoms with Gasteiger partial charge in [-0.05, 0) is 61.7 Å². The lowest BCUT2D eigenvalue weighted by Crippen LogP contribution is -2.27. The van der Waals surface area contributed by atoms with E-state index >= 15 is 0 Å². The molecule has 6 rings (SSSR count). The molecule has 40 heavy (non-hydrogen) atoms. The van der Waals surface area contributed by atoms with Crippen LogP contribution in [0.15, 0.2) is 53.6 Å². The molecule has 0 amide bonds. The normalized spacial score (nSPS) is 13.0. The molecule has 1 aliphatic rings. The molecule has 1 N–H and O–H groups in total. The molecule has 1 saturated carbocycles. The molecule has 1 aliphatic carbocycles. The van der Waals surface area contributed by atoms with E-state index in [9.17, 15) is 20.0 Å². The first kappa shape index (κ1) is 25.5. The van der Waals surface area contributed by atoms with E-state index in [0.29, 0.717) is 44.6 Å². The summed E-state index contributed by atoms with van der Waals surface area (Å²) in [5.74, 6) is 0.261. The van der Waals surface area contributed by atoms with Gasteiger partial charge in [-0.25, -0.2) is 9.50 Å². The quantitative estimate of drug-likeness (QED) is 0.296. The van der Waals surface area contributed by atoms with Crippen molar-refractivity contribution in [3.05, 3.63) is 86.9 Å². The summed E-state index contributed by atoms with van der Waals surface area (Å²) in [4.78, 5) is 34.0. The van der Waals surface area contributed by atoms with E-state index in [2.05, 4.69) is 21.1 Å². The number of carbonyl (C=O) groups is 1. The average molecular weight is 555 g/mol. The van der Waals surface area contributed by atoms with Crippen LogP contribution in [0.3, 0.4) is 0 Å². The van der Waals surface area contributed by atoms with Crippen LogP contribution in [0.1, 0.15) is 41.5 Å². The number of nitriles is 1. The first-order valence-electron chi connectivity index (χ1n) is 12.8. The first-order chi connectivity index (χ1) is 19.3. The zero-order valence-corrected chi connectivity index (χ0v) is 22.2. The molecular weight excluding hydrogens is 532 g/mol. The van der Waals surface area contributed by atoms with Crippen molar-refractivity contribution in [2.75, 3.05) is 6.61 Å². The van der Waals surface area contributed by atoms with Gasteiger partial charge in [-0.15, -0.1) is 0 Å². The smallest absolute Gasteiger partial charge is 0.309 e. The van der Waals surface area contributed by atoms with Gasteiger partial charge < -0.3 is 9.84 Å². The van der Waals surface area contributed by atoms with Crippen LogP contribution >= 0.6 is 11.6 Å². The third kappa shape index (κ3) is 4.65. The van der Waals surface area contributed by atoms with Gasteiger partial charge in [0.1, 0.15) is 24.3 Å². The maximum atomic E-state index is 13.5. The number of hydrogen-bond acceptors (Lipinski definition) is 7. The van der Waals surface area contributed by atoms with Gasteiger partial charge in [0.25, 0.3) is 5.56 Å². The number of halogens is 1. The molecule has 10 nitrogen and oxygen atoms in total. The van der Waals surface area contributed by atoms with E-state index in [1.54, 1.807) is 54.2 Å². The SMILES string of the molecule is Cc1nc2cnc(C3CC3)c(C#N)c2c(=O)n1CCOc1ccc(Cl)cc1-c1cc(CC(=O)O)n2nccc2c1. The molecule has 5 aromatic rings. The number of carboxylic acid groups (broad SMARTS) is 1. The lowest BCUT2D eigenvalue weighted by molar-refractivity contribution is -0.136. The molecule has 4 heterocycles. The van der Waals surface area contributed by atoms with Crippen LogP contribution in [0.4, 0.5) is 0 Å². The second-order valence-electron chi connectivity index (χ2n) is 9.74. The third-order valence-electron chi connectivity index (χ3n) is 7.02. The van der Waals surface area contributed by atoms with Crippen LogP contribution in [0.2, 0.25) is 5.02 Å². The number of fused-ring (bicyclic) bond motifs is 2. The van der Waals surface area contributed by atoms with E-state index in [-0.39, 0.29) is 36.4 Å². The summed E-state index contributed by atoms with van der Waals surface area (Å²) in [6.45, 7) is 2.08. The van der Waals surface area contributed by atoms with Crippen molar-refractivity contribution in [2.45, 2.75) is 38.6 Å². The number of aliphatic carboxylic acids is 1. The van der Waals surface area contributed by atoms with Gasteiger partial charge in [-0.3, -0.25) is 19.1 Å². The number of carboxylic acids is 1. The number of nitrogens with zero attached hydrogens (tertiary/aromatic N) is 6. The molecule has 0 radical (unpaired) electrons. The Hall–Kier alpha value is -4.75. The molecule has 0 bridgehead atoms. The number of aromatic nitrogens is 5. The van der Waals surface area contributed by atoms with Crippen molar-refractivity contribution in [3.8, 4) is 22.9 Å². The molecule has 1 fully saturated rings. The Balaban J connectivity index is 1.33. The standard InChI is InChI=1S/C29H23ClN6O4/c1-16-34-24-15-32-28(17-2-3-17)23(14-31)27(24)29(39)35(16)8-9-40-25-5-4-19(30)12-22(25)18-10-20-6-7-33-36(20)21(11-18)13-26(37)38/h4-7,10-12,15,17H,2-3,8-9,13H2,1H3,(H,37,38). The highest BCUT2D eigenvalue weighted by molar-refractivity contribution is 6.31. The number of aryl methyl sites for hydroxylation is 1. The van der Waals surface area contributed by atoms with E-state index in [0.717, 1.165) is 23.9 Å². The summed E-state index contributed by atoms with van der Waals surface area (Å²) in [7, 11) is 0. The highest BCUT2D eigenvalue weighted by Crippen LogP contribution is 2.41. The van der Waals surface area contributed by atoms with Crippen molar-refractivity contribution >= 4 is 34.0 Å². The lowest BCUT2D eigenvalue weighted by atomic mass is 10.0. The maximum absolute atomic E-state index is 13.5. The molecule has 0 aliphatic heterocycles. The van der Waals surface area contributed by atoms with E-state index in [1.807, 2.05) is 6.07 Å². The maximum Gasteiger partial charge on any atom is 0.309 e. The van der Waals surface area contributed by atoms with Gasteiger partial charge in [0.05, 0.1) is 52.5 Å². The summed E-state index contributed by atoms with van der Waals surface area (Å²) in [6, 6.07) is 12.8. The van der Waals surface area contributed by atoms with E-state index < -0.39 is 5.97 Å². The van der Waals surface area contributed by atoms with Gasteiger partial charge in [0, 0.05) is 22.7 Å². The minimum absolute atomic E-state index is 0.141. The second-order valence-corrected chi connectivity index (χ2v) is 10.2. The Morgan fingerprint density at radius 1 is 1.25 bits per heavy atom. The van der Waals surface area contributed by atoms with Crippen LogP contribution in [-0.2, 0) is 17.8 Å². The Labute approximate surface area is 233 Å². The molecule has 1 aromatic carbocycles. The Morgan fingerprint density at radius 3 is 2.83 bits per heavy atom. The zero-order chi connectivity index (χ0) is 28.0. The van der Waals surface area contributed by atoms with Crippen molar-refractivity contribution in [1.29, 1.82) is 5.26 Å². The summed E-state index contributed by atoms with van der Waals surface area (Å²) < 4.78 is 9.25. The van der Waals surface area contributed by atoms with Crippen LogP contribution in [0, 0.1) is 18.3 Å². The highest BCUT2D eigenvalue weighted by atomic mass is 35.5. The lowest BCUT2D eigenvalue weighted by Gasteiger charge is -2.16. The minimum atomic E-state index is -0.971. The predicted molar refractivity (Wildman–Crippen MR) is 148 cm³/mol. The Kier molecular flexibility index (Phi) is 6.44. The number of rotatable bonds is 8. The molecule has 4 aromatic heterocycles. The van der Waals surface area contributed by atoms with Crippen LogP contribution in [0.5, 0.6) is 5.75 Å². The number of ether oxygens (including phenoxy) is 1. The number of benzene rings is 1. The molecule has 0 unspecified atom stereocenters. The number of hydrogen-bond donors (Lipinski definition) is 1. The van der Waals surface area contributed by atoms with Crippen molar-refractivity contribution < 1.29 is 14.6 Å². The van der Waals surface area contributed by atoms with Crippen LogP contribution in [-0.4, -0.2) is 41.8 Å². The minimum Gasteiger partial charge on any atom is -0.491 e. The van der Waals surface area contributed by atoms with Crippen molar-refractivity contribution in [1.82, 2.24) is 24.1 Å². The molecule has 0 spiro atoms. The third-order valence-corrected chi connectivity index (χ3v) is 7.26. The van der Waals surface area contributed by atoms with E-state index in [1.165, 1.54) is 4.57 Å². The second kappa shape index (κ2) is 10.1. The fourth-order valence-corrected chi connectivity index (χ4v) is 5.19. The van der Waals surface area contributed by atoms with Crippen molar-refractivity contribution in [2.24, 2.45) is 0 Å². The fraction of sp³-hybridized carbons (Fsp3) is 0.241. The molecule has 200 valence electrons. The van der Waals surface area contributed by atoms with Gasteiger partial charge in [-0.2, -0.15) is 10.4 Å². The summed E-state index contributed by atoms with van der Waals surface area (Å²) in [5, 5.41) is 24.3. The van der Waals surface area contributed by atoms with Crippen LogP contribution < -0.4 is 10.3 Å². The van der Waals surface area contributed by atoms with Gasteiger partial charge in [0.2, 0.25) is 0 Å². The fourth-order valence-electron chi connectivity index (χ4n) is 5.02. The Morgan fingerprint density at radius 2 is 2.08 bits per heavy atom. The van der Waals surface area contributed by atoms with Crippen LogP contribution in [0.25, 0.3) is 27.5 Å². The number of pyridine rings is 2. The summed E-state index contributed by atoms with van der Waals surface area (Å²) in [5.41, 5.74) is 3.73. The van der Waals surface area contributed by atoms with Crippen molar-refractivity contribution in [3.63, 3.8) is 0 Å². The topological polar surface area (TPSA) is 135 Å². The van der Waals surface area contributed by atoms with Gasteiger partial charge in [0.15, 0.2) is 0 Å². The molecule has 0 atom stereocenters. The van der Waals surface area contributed by atoms with Gasteiger partial charge in [-0.1, -0.05) is 11.6 Å². The average Bonchev–Trinajstić information content (AvgIpc) is 3.66. The largest absolute Gasteiger partial charge is 0.491 e. The Bertz CT molecular complexity index is 1920. The highest BCUT2D eigenvalue weighted by Gasteiger charge is 2.30. The summed E-state index contributed by atoms with van der Waals surface area (Å²) in [6.07, 6.45) is 4.91. The molecule has 11 heteroatoms. The molecular formula is C29H23ClN6O4. The first-order valence-corrected chi connectivity index (χ1v) is 13.1. The van der Waals surface area contributed by atoms with Gasteiger partial charge >= 0.3 is 5.97 Å². The predicted octanol–water partition coefficient (Wildman–Crippen LogP) is 4.52. The van der Waals surface area contributed by atoms with E-state index in [4.69, 9.17) is 16.3 Å².